The van der Waals surface area contributed by atoms with E-state index in [1.165, 1.54) is 11.1 Å². The van der Waals surface area contributed by atoms with E-state index in [0.29, 0.717) is 25.0 Å². The van der Waals surface area contributed by atoms with Gasteiger partial charge in [-0.15, -0.1) is 0 Å². The predicted octanol–water partition coefficient (Wildman–Crippen LogP) is 7.55. The molecule has 1 aromatic rings. The van der Waals surface area contributed by atoms with Gasteiger partial charge in [-0.25, -0.2) is 9.59 Å². The van der Waals surface area contributed by atoms with Crippen LogP contribution in [0.4, 0.5) is 0 Å². The van der Waals surface area contributed by atoms with Crippen LogP contribution >= 0.6 is 0 Å². The van der Waals surface area contributed by atoms with E-state index in [-0.39, 0.29) is 11.1 Å². The molecule has 0 spiro atoms. The number of carbonyl (C=O) groups is 2. The quantitative estimate of drug-likeness (QED) is 0.220. The summed E-state index contributed by atoms with van der Waals surface area (Å²) in [5.41, 5.74) is 3.19. The van der Waals surface area contributed by atoms with Crippen molar-refractivity contribution in [2.24, 2.45) is 11.8 Å². The van der Waals surface area contributed by atoms with Gasteiger partial charge in [0.2, 0.25) is 0 Å². The molecule has 0 heterocycles. The molecule has 0 aromatic heterocycles. The molecule has 0 saturated heterocycles. The van der Waals surface area contributed by atoms with E-state index < -0.39 is 11.9 Å². The van der Waals surface area contributed by atoms with E-state index in [9.17, 15) is 9.59 Å². The van der Waals surface area contributed by atoms with Gasteiger partial charge in [-0.3, -0.25) is 0 Å². The fourth-order valence-electron chi connectivity index (χ4n) is 3.30. The second-order valence-corrected chi connectivity index (χ2v) is 9.32. The minimum Gasteiger partial charge on any atom is -0.462 e. The highest BCUT2D eigenvalue weighted by Gasteiger charge is 2.19. The second-order valence-electron chi connectivity index (χ2n) is 9.32. The summed E-state index contributed by atoms with van der Waals surface area (Å²) in [6.45, 7) is 13.4. The van der Waals surface area contributed by atoms with Crippen molar-refractivity contribution in [3.63, 3.8) is 0 Å². The number of hydrogen-bond acceptors (Lipinski definition) is 4. The Morgan fingerprint density at radius 1 is 0.719 bits per heavy atom. The maximum atomic E-state index is 12.6. The highest BCUT2D eigenvalue weighted by Crippen LogP contribution is 2.16. The van der Waals surface area contributed by atoms with Gasteiger partial charge in [0.25, 0.3) is 0 Å². The number of rotatable bonds is 14. The molecule has 4 nitrogen and oxygen atoms in total. The summed E-state index contributed by atoms with van der Waals surface area (Å²) >= 11 is 0. The number of ether oxygens (including phenoxy) is 2. The fourth-order valence-corrected chi connectivity index (χ4v) is 3.30. The molecule has 1 rings (SSSR count). The van der Waals surface area contributed by atoms with E-state index in [0.717, 1.165) is 38.5 Å². The fraction of sp³-hybridized carbons (Fsp3) is 0.571. The first-order chi connectivity index (χ1) is 15.2. The van der Waals surface area contributed by atoms with Gasteiger partial charge in [-0.05, 0) is 90.2 Å². The first-order valence-corrected chi connectivity index (χ1v) is 11.9. The van der Waals surface area contributed by atoms with Crippen molar-refractivity contribution >= 4 is 11.9 Å². The molecule has 0 aliphatic rings. The Hall–Kier alpha value is -2.36. The Labute approximate surface area is 195 Å². The lowest BCUT2D eigenvalue weighted by Gasteiger charge is -2.13. The van der Waals surface area contributed by atoms with Gasteiger partial charge in [0.1, 0.15) is 0 Å². The topological polar surface area (TPSA) is 52.6 Å². The monoisotopic (exact) mass is 442 g/mol. The Kier molecular flexibility index (Phi) is 13.4. The average molecular weight is 443 g/mol. The van der Waals surface area contributed by atoms with E-state index in [2.05, 4.69) is 53.7 Å². The molecule has 1 aromatic carbocycles. The van der Waals surface area contributed by atoms with Crippen molar-refractivity contribution in [3.8, 4) is 0 Å². The lowest BCUT2D eigenvalue weighted by Crippen LogP contribution is -2.16. The third-order valence-electron chi connectivity index (χ3n) is 5.48. The largest absolute Gasteiger partial charge is 0.462 e. The van der Waals surface area contributed by atoms with E-state index in [4.69, 9.17) is 9.47 Å². The highest BCUT2D eigenvalue weighted by atomic mass is 16.5. The van der Waals surface area contributed by atoms with Crippen molar-refractivity contribution in [3.05, 3.63) is 58.7 Å². The molecule has 32 heavy (non-hydrogen) atoms. The molecule has 0 amide bonds. The predicted molar refractivity (Wildman–Crippen MR) is 132 cm³/mol. The summed E-state index contributed by atoms with van der Waals surface area (Å²) in [6, 6.07) is 6.72. The third-order valence-corrected chi connectivity index (χ3v) is 5.48. The molecule has 2 atom stereocenters. The number of allylic oxidation sites excluding steroid dienone is 4. The number of benzene rings is 1. The molecular formula is C28H42O4. The maximum absolute atomic E-state index is 12.6. The van der Waals surface area contributed by atoms with Crippen LogP contribution in [0, 0.1) is 11.8 Å². The lowest BCUT2D eigenvalue weighted by atomic mass is 10.0. The van der Waals surface area contributed by atoms with E-state index in [1.54, 1.807) is 24.3 Å². The minimum absolute atomic E-state index is 0.270. The van der Waals surface area contributed by atoms with Crippen LogP contribution in [-0.4, -0.2) is 25.2 Å². The molecule has 0 saturated carbocycles. The SMILES string of the molecule is CC(C)=CCCC(C)CCOC(=O)c1ccccc1C(=O)OCCC(C)CCC=C(C)C. The van der Waals surface area contributed by atoms with Crippen LogP contribution in [0.15, 0.2) is 47.6 Å². The normalized spacial score (nSPS) is 12.4. The number of hydrogen-bond donors (Lipinski definition) is 0. The molecule has 0 N–H and O–H groups in total. The first-order valence-electron chi connectivity index (χ1n) is 11.9. The Morgan fingerprint density at radius 3 is 1.44 bits per heavy atom. The van der Waals surface area contributed by atoms with Gasteiger partial charge in [-0.1, -0.05) is 49.3 Å². The van der Waals surface area contributed by atoms with Crippen molar-refractivity contribution in [2.45, 2.75) is 80.1 Å². The van der Waals surface area contributed by atoms with Gasteiger partial charge in [0.05, 0.1) is 24.3 Å². The molecule has 0 aliphatic heterocycles. The summed E-state index contributed by atoms with van der Waals surface area (Å²) in [5.74, 6) is 0.00272. The summed E-state index contributed by atoms with van der Waals surface area (Å²) in [4.78, 5) is 25.1. The van der Waals surface area contributed by atoms with Crippen molar-refractivity contribution in [1.29, 1.82) is 0 Å². The summed E-state index contributed by atoms with van der Waals surface area (Å²) in [7, 11) is 0. The van der Waals surface area contributed by atoms with Crippen molar-refractivity contribution < 1.29 is 19.1 Å². The van der Waals surface area contributed by atoms with Gasteiger partial charge >= 0.3 is 11.9 Å². The van der Waals surface area contributed by atoms with Gasteiger partial charge in [0, 0.05) is 0 Å². The van der Waals surface area contributed by atoms with E-state index >= 15 is 0 Å². The van der Waals surface area contributed by atoms with Crippen LogP contribution in [0.5, 0.6) is 0 Å². The van der Waals surface area contributed by atoms with Crippen LogP contribution in [0.3, 0.4) is 0 Å². The second kappa shape index (κ2) is 15.4. The van der Waals surface area contributed by atoms with Crippen molar-refractivity contribution in [1.82, 2.24) is 0 Å². The standard InChI is InChI=1S/C28H42O4/c1-21(2)11-9-13-23(5)17-19-31-27(29)25-15-7-8-16-26(25)28(30)32-20-18-24(6)14-10-12-22(3)4/h7-8,11-12,15-16,23-24H,9-10,13-14,17-20H2,1-6H3. The maximum Gasteiger partial charge on any atom is 0.339 e. The summed E-state index contributed by atoms with van der Waals surface area (Å²) in [5, 5.41) is 0. The minimum atomic E-state index is -0.468. The molecule has 0 bridgehead atoms. The summed E-state index contributed by atoms with van der Waals surface area (Å²) < 4.78 is 10.9. The number of esters is 2. The Morgan fingerprint density at radius 2 is 1.09 bits per heavy atom. The highest BCUT2D eigenvalue weighted by molar-refractivity contribution is 6.03. The Bertz CT molecular complexity index is 702. The van der Waals surface area contributed by atoms with Crippen LogP contribution in [0.25, 0.3) is 0 Å². The zero-order valence-electron chi connectivity index (χ0n) is 20.9. The van der Waals surface area contributed by atoms with Crippen LogP contribution in [-0.2, 0) is 9.47 Å². The van der Waals surface area contributed by atoms with Crippen molar-refractivity contribution in [2.75, 3.05) is 13.2 Å². The van der Waals surface area contributed by atoms with Gasteiger partial charge in [0.15, 0.2) is 0 Å². The summed E-state index contributed by atoms with van der Waals surface area (Å²) in [6.07, 6.45) is 10.3. The van der Waals surface area contributed by atoms with Crippen LogP contribution in [0.2, 0.25) is 0 Å². The average Bonchev–Trinajstić information content (AvgIpc) is 2.73. The molecule has 0 aliphatic carbocycles. The van der Waals surface area contributed by atoms with Crippen LogP contribution in [0.1, 0.15) is 101 Å². The Balaban J connectivity index is 2.49. The molecule has 2 unspecified atom stereocenters. The molecule has 0 fully saturated rings. The zero-order valence-corrected chi connectivity index (χ0v) is 20.9. The van der Waals surface area contributed by atoms with Crippen LogP contribution < -0.4 is 0 Å². The van der Waals surface area contributed by atoms with E-state index in [1.807, 2.05) is 0 Å². The van der Waals surface area contributed by atoms with Gasteiger partial charge < -0.3 is 9.47 Å². The zero-order chi connectivity index (χ0) is 23.9. The van der Waals surface area contributed by atoms with Gasteiger partial charge in [-0.2, -0.15) is 0 Å². The molecule has 0 radical (unpaired) electrons. The molecule has 4 heteroatoms. The third kappa shape index (κ3) is 11.9. The first kappa shape index (κ1) is 27.7. The lowest BCUT2D eigenvalue weighted by molar-refractivity contribution is 0.0436. The number of carbonyl (C=O) groups excluding carboxylic acids is 2. The molecular weight excluding hydrogens is 400 g/mol. The smallest absolute Gasteiger partial charge is 0.339 e. The molecule has 178 valence electrons.